The molecule has 0 saturated heterocycles. The summed E-state index contributed by atoms with van der Waals surface area (Å²) in [6.07, 6.45) is 0. The third kappa shape index (κ3) is 2.24. The van der Waals surface area contributed by atoms with Crippen molar-refractivity contribution >= 4 is 39.9 Å². The van der Waals surface area contributed by atoms with Gasteiger partial charge >= 0.3 is 0 Å². The SMILES string of the molecule is CCn1c(-c2c(Cl)ccc(Cl)c2N)nc2ccc(F)cc21. The van der Waals surface area contributed by atoms with Crippen LogP contribution >= 0.6 is 23.2 Å². The first-order chi connectivity index (χ1) is 10.0. The molecule has 3 aromatic rings. The van der Waals surface area contributed by atoms with Gasteiger partial charge in [-0.15, -0.1) is 0 Å². The minimum absolute atomic E-state index is 0.311. The molecule has 0 aliphatic rings. The monoisotopic (exact) mass is 323 g/mol. The predicted octanol–water partition coefficient (Wildman–Crippen LogP) is 4.75. The smallest absolute Gasteiger partial charge is 0.144 e. The van der Waals surface area contributed by atoms with Crippen LogP contribution in [0.4, 0.5) is 10.1 Å². The molecule has 0 bridgehead atoms. The lowest BCUT2D eigenvalue weighted by molar-refractivity contribution is 0.628. The third-order valence-corrected chi connectivity index (χ3v) is 4.04. The molecule has 2 aromatic carbocycles. The summed E-state index contributed by atoms with van der Waals surface area (Å²) < 4.78 is 15.3. The fourth-order valence-corrected chi connectivity index (χ4v) is 2.81. The van der Waals surface area contributed by atoms with E-state index < -0.39 is 0 Å². The van der Waals surface area contributed by atoms with Gasteiger partial charge in [-0.25, -0.2) is 9.37 Å². The van der Waals surface area contributed by atoms with Gasteiger partial charge in [0.1, 0.15) is 11.6 Å². The number of benzene rings is 2. The zero-order valence-corrected chi connectivity index (χ0v) is 12.7. The number of fused-ring (bicyclic) bond motifs is 1. The summed E-state index contributed by atoms with van der Waals surface area (Å²) in [5, 5.41) is 0.873. The topological polar surface area (TPSA) is 43.8 Å². The summed E-state index contributed by atoms with van der Waals surface area (Å²) in [7, 11) is 0. The van der Waals surface area contributed by atoms with Crippen LogP contribution in [0, 0.1) is 5.82 Å². The Labute approximate surface area is 131 Å². The van der Waals surface area contributed by atoms with Gasteiger partial charge < -0.3 is 10.3 Å². The lowest BCUT2D eigenvalue weighted by Crippen LogP contribution is -2.01. The molecule has 0 spiro atoms. The number of aryl methyl sites for hydroxylation is 1. The summed E-state index contributed by atoms with van der Waals surface area (Å²) in [6, 6.07) is 7.78. The molecule has 2 N–H and O–H groups in total. The first kappa shape index (κ1) is 14.2. The van der Waals surface area contributed by atoms with E-state index in [9.17, 15) is 4.39 Å². The van der Waals surface area contributed by atoms with Crippen LogP contribution in [0.2, 0.25) is 10.0 Å². The maximum atomic E-state index is 13.5. The van der Waals surface area contributed by atoms with E-state index in [1.807, 2.05) is 11.5 Å². The number of nitrogen functional groups attached to an aromatic ring is 1. The molecule has 0 unspecified atom stereocenters. The Hall–Kier alpha value is -1.78. The van der Waals surface area contributed by atoms with Gasteiger partial charge in [-0.3, -0.25) is 0 Å². The highest BCUT2D eigenvalue weighted by molar-refractivity contribution is 6.37. The molecule has 0 saturated carbocycles. The Kier molecular flexibility index (Phi) is 3.51. The van der Waals surface area contributed by atoms with Crippen molar-refractivity contribution in [3.05, 3.63) is 46.2 Å². The molecular weight excluding hydrogens is 312 g/mol. The minimum Gasteiger partial charge on any atom is -0.397 e. The van der Waals surface area contributed by atoms with Gasteiger partial charge in [-0.2, -0.15) is 0 Å². The van der Waals surface area contributed by atoms with Crippen LogP contribution < -0.4 is 5.73 Å². The van der Waals surface area contributed by atoms with E-state index in [4.69, 9.17) is 28.9 Å². The summed E-state index contributed by atoms with van der Waals surface area (Å²) in [4.78, 5) is 4.53. The van der Waals surface area contributed by atoms with E-state index >= 15 is 0 Å². The molecule has 21 heavy (non-hydrogen) atoms. The van der Waals surface area contributed by atoms with Crippen molar-refractivity contribution < 1.29 is 4.39 Å². The van der Waals surface area contributed by atoms with Crippen molar-refractivity contribution in [3.63, 3.8) is 0 Å². The van der Waals surface area contributed by atoms with Crippen LogP contribution in [0.15, 0.2) is 30.3 Å². The quantitative estimate of drug-likeness (QED) is 0.691. The number of hydrogen-bond acceptors (Lipinski definition) is 2. The van der Waals surface area contributed by atoms with Gasteiger partial charge in [0.05, 0.1) is 32.3 Å². The summed E-state index contributed by atoms with van der Waals surface area (Å²) >= 11 is 12.3. The molecule has 0 radical (unpaired) electrons. The summed E-state index contributed by atoms with van der Waals surface area (Å²) in [5.41, 5.74) is 8.37. The van der Waals surface area contributed by atoms with Gasteiger partial charge in [0.25, 0.3) is 0 Å². The fourth-order valence-electron chi connectivity index (χ4n) is 2.40. The van der Waals surface area contributed by atoms with Crippen LogP contribution in [0.1, 0.15) is 6.92 Å². The van der Waals surface area contributed by atoms with E-state index in [1.165, 1.54) is 12.1 Å². The van der Waals surface area contributed by atoms with Crippen LogP contribution in [0.5, 0.6) is 0 Å². The second kappa shape index (κ2) is 5.20. The normalized spacial score (nSPS) is 11.2. The Morgan fingerprint density at radius 3 is 2.62 bits per heavy atom. The van der Waals surface area contributed by atoms with E-state index in [0.29, 0.717) is 44.7 Å². The number of rotatable bonds is 2. The number of halogens is 3. The molecule has 1 heterocycles. The van der Waals surface area contributed by atoms with Gasteiger partial charge in [0.2, 0.25) is 0 Å². The number of hydrogen-bond donors (Lipinski definition) is 1. The molecule has 6 heteroatoms. The first-order valence-corrected chi connectivity index (χ1v) is 7.18. The Bertz CT molecular complexity index is 843. The molecule has 3 rings (SSSR count). The average molecular weight is 324 g/mol. The number of nitrogens with zero attached hydrogens (tertiary/aromatic N) is 2. The fraction of sp³-hybridized carbons (Fsp3) is 0.133. The van der Waals surface area contributed by atoms with Crippen molar-refractivity contribution in [2.45, 2.75) is 13.5 Å². The third-order valence-electron chi connectivity index (χ3n) is 3.39. The lowest BCUT2D eigenvalue weighted by Gasteiger charge is -2.11. The van der Waals surface area contributed by atoms with Crippen molar-refractivity contribution in [2.24, 2.45) is 0 Å². The summed E-state index contributed by atoms with van der Waals surface area (Å²) in [6.45, 7) is 2.56. The largest absolute Gasteiger partial charge is 0.397 e. The van der Waals surface area contributed by atoms with E-state index in [1.54, 1.807) is 18.2 Å². The van der Waals surface area contributed by atoms with Crippen molar-refractivity contribution in [1.29, 1.82) is 0 Å². The highest BCUT2D eigenvalue weighted by atomic mass is 35.5. The predicted molar refractivity (Wildman–Crippen MR) is 85.2 cm³/mol. The van der Waals surface area contributed by atoms with E-state index in [0.717, 1.165) is 0 Å². The van der Waals surface area contributed by atoms with Gasteiger partial charge in [0, 0.05) is 6.54 Å². The first-order valence-electron chi connectivity index (χ1n) is 6.42. The highest BCUT2D eigenvalue weighted by Gasteiger charge is 2.18. The minimum atomic E-state index is -0.311. The van der Waals surface area contributed by atoms with Gasteiger partial charge in [-0.05, 0) is 37.3 Å². The number of anilines is 1. The molecule has 108 valence electrons. The molecule has 0 fully saturated rings. The van der Waals surface area contributed by atoms with Crippen molar-refractivity contribution in [3.8, 4) is 11.4 Å². The van der Waals surface area contributed by atoms with Crippen LogP contribution in [0.3, 0.4) is 0 Å². The average Bonchev–Trinajstić information content (AvgIpc) is 2.80. The van der Waals surface area contributed by atoms with Gasteiger partial charge in [0.15, 0.2) is 0 Å². The highest BCUT2D eigenvalue weighted by Crippen LogP contribution is 2.38. The molecule has 0 aliphatic carbocycles. The standard InChI is InChI=1S/C15H12Cl2FN3/c1-2-21-12-7-8(18)3-6-11(12)20-15(21)13-9(16)4-5-10(17)14(13)19/h3-7H,2,19H2,1H3. The Balaban J connectivity index is 2.38. The maximum absolute atomic E-state index is 13.5. The van der Waals surface area contributed by atoms with E-state index in [2.05, 4.69) is 4.98 Å². The molecule has 0 aliphatic heterocycles. The van der Waals surface area contributed by atoms with Crippen molar-refractivity contribution in [1.82, 2.24) is 9.55 Å². The van der Waals surface area contributed by atoms with Gasteiger partial charge in [-0.1, -0.05) is 23.2 Å². The molecule has 0 atom stereocenters. The molecule has 0 amide bonds. The van der Waals surface area contributed by atoms with Crippen molar-refractivity contribution in [2.75, 3.05) is 5.73 Å². The Morgan fingerprint density at radius 1 is 1.19 bits per heavy atom. The maximum Gasteiger partial charge on any atom is 0.144 e. The second-order valence-electron chi connectivity index (χ2n) is 4.63. The molecular formula is C15H12Cl2FN3. The van der Waals surface area contributed by atoms with Crippen LogP contribution in [-0.4, -0.2) is 9.55 Å². The molecule has 3 nitrogen and oxygen atoms in total. The zero-order valence-electron chi connectivity index (χ0n) is 11.2. The zero-order chi connectivity index (χ0) is 15.1. The number of imidazole rings is 1. The van der Waals surface area contributed by atoms with E-state index in [-0.39, 0.29) is 5.82 Å². The Morgan fingerprint density at radius 2 is 1.90 bits per heavy atom. The lowest BCUT2D eigenvalue weighted by atomic mass is 10.1. The van der Waals surface area contributed by atoms with Crippen LogP contribution in [-0.2, 0) is 6.54 Å². The number of nitrogens with two attached hydrogens (primary N) is 1. The summed E-state index contributed by atoms with van der Waals surface area (Å²) in [5.74, 6) is 0.275. The molecule has 1 aromatic heterocycles. The number of aromatic nitrogens is 2. The van der Waals surface area contributed by atoms with Crippen LogP contribution in [0.25, 0.3) is 22.4 Å². The second-order valence-corrected chi connectivity index (χ2v) is 5.44.